The van der Waals surface area contributed by atoms with Crippen LogP contribution in [0.4, 0.5) is 10.1 Å². The SMILES string of the molecule is Cc1c(C(=O)N2CCN(c3ccccc3F)CC2)sc2nc3n(c(=O)c12)CCCC3. The number of carbonyl (C=O) groups is 1. The summed E-state index contributed by atoms with van der Waals surface area (Å²) >= 11 is 1.32. The maximum atomic E-state index is 14.1. The van der Waals surface area contributed by atoms with Gasteiger partial charge in [-0.1, -0.05) is 12.1 Å². The lowest BCUT2D eigenvalue weighted by Crippen LogP contribution is -2.49. The van der Waals surface area contributed by atoms with E-state index in [-0.39, 0.29) is 17.3 Å². The second kappa shape index (κ2) is 7.50. The van der Waals surface area contributed by atoms with Crippen LogP contribution in [0.1, 0.15) is 33.9 Å². The fourth-order valence-electron chi connectivity index (χ4n) is 4.44. The van der Waals surface area contributed by atoms with Gasteiger partial charge >= 0.3 is 0 Å². The van der Waals surface area contributed by atoms with Crippen molar-refractivity contribution in [1.29, 1.82) is 0 Å². The van der Waals surface area contributed by atoms with Crippen LogP contribution in [-0.2, 0) is 13.0 Å². The number of rotatable bonds is 2. The molecule has 5 rings (SSSR count). The molecule has 0 atom stereocenters. The highest BCUT2D eigenvalue weighted by Gasteiger charge is 2.28. The second-order valence-corrected chi connectivity index (χ2v) is 8.91. The molecule has 30 heavy (non-hydrogen) atoms. The van der Waals surface area contributed by atoms with Gasteiger partial charge in [0.15, 0.2) is 0 Å². The van der Waals surface area contributed by atoms with E-state index in [1.807, 2.05) is 17.9 Å². The molecule has 0 saturated carbocycles. The molecule has 6 nitrogen and oxygen atoms in total. The van der Waals surface area contributed by atoms with Crippen LogP contribution in [0.15, 0.2) is 29.1 Å². The number of benzene rings is 1. The summed E-state index contributed by atoms with van der Waals surface area (Å²) < 4.78 is 15.8. The Kier molecular flexibility index (Phi) is 4.81. The van der Waals surface area contributed by atoms with Gasteiger partial charge < -0.3 is 9.80 Å². The highest BCUT2D eigenvalue weighted by atomic mass is 32.1. The van der Waals surface area contributed by atoms with E-state index in [0.29, 0.717) is 53.5 Å². The van der Waals surface area contributed by atoms with E-state index in [2.05, 4.69) is 0 Å². The summed E-state index contributed by atoms with van der Waals surface area (Å²) in [5.74, 6) is 0.525. The number of amides is 1. The van der Waals surface area contributed by atoms with Gasteiger partial charge in [-0.25, -0.2) is 9.37 Å². The summed E-state index contributed by atoms with van der Waals surface area (Å²) in [6.07, 6.45) is 2.84. The summed E-state index contributed by atoms with van der Waals surface area (Å²) in [7, 11) is 0. The Balaban J connectivity index is 1.40. The zero-order valence-corrected chi connectivity index (χ0v) is 17.7. The summed E-state index contributed by atoms with van der Waals surface area (Å²) in [5.41, 5.74) is 1.28. The Labute approximate surface area is 177 Å². The minimum atomic E-state index is -0.242. The van der Waals surface area contributed by atoms with Gasteiger partial charge in [-0.15, -0.1) is 11.3 Å². The monoisotopic (exact) mass is 426 g/mol. The zero-order chi connectivity index (χ0) is 20.8. The molecule has 156 valence electrons. The summed E-state index contributed by atoms with van der Waals surface area (Å²) in [6.45, 7) is 4.74. The predicted octanol–water partition coefficient (Wildman–Crippen LogP) is 3.20. The summed E-state index contributed by atoms with van der Waals surface area (Å²) in [5, 5.41) is 0.582. The van der Waals surface area contributed by atoms with Gasteiger partial charge in [0.2, 0.25) is 0 Å². The van der Waals surface area contributed by atoms with Crippen LogP contribution in [0, 0.1) is 12.7 Å². The molecule has 0 N–H and O–H groups in total. The summed E-state index contributed by atoms with van der Waals surface area (Å²) in [6, 6.07) is 6.72. The number of aromatic nitrogens is 2. The largest absolute Gasteiger partial charge is 0.366 e. The van der Waals surface area contributed by atoms with E-state index in [4.69, 9.17) is 4.98 Å². The molecular formula is C22H23FN4O2S. The lowest BCUT2D eigenvalue weighted by molar-refractivity contribution is 0.0751. The Morgan fingerprint density at radius 2 is 1.87 bits per heavy atom. The smallest absolute Gasteiger partial charge is 0.264 e. The number of carbonyl (C=O) groups excluding carboxylic acids is 1. The fraction of sp³-hybridized carbons (Fsp3) is 0.409. The molecule has 0 spiro atoms. The van der Waals surface area contributed by atoms with Crippen molar-refractivity contribution in [2.24, 2.45) is 0 Å². The summed E-state index contributed by atoms with van der Waals surface area (Å²) in [4.78, 5) is 36.0. The van der Waals surface area contributed by atoms with Crippen molar-refractivity contribution in [3.05, 3.63) is 56.7 Å². The number of anilines is 1. The second-order valence-electron chi connectivity index (χ2n) is 7.91. The lowest BCUT2D eigenvalue weighted by atomic mass is 10.1. The molecule has 1 fully saturated rings. The Bertz CT molecular complexity index is 1190. The van der Waals surface area contributed by atoms with Crippen molar-refractivity contribution in [1.82, 2.24) is 14.5 Å². The molecule has 0 bridgehead atoms. The number of nitrogens with zero attached hydrogens (tertiary/aromatic N) is 4. The third-order valence-electron chi connectivity index (χ3n) is 6.12. The first-order valence-electron chi connectivity index (χ1n) is 10.4. The van der Waals surface area contributed by atoms with E-state index in [1.165, 1.54) is 17.4 Å². The number of aryl methyl sites for hydroxylation is 2. The number of piperazine rings is 1. The molecule has 0 radical (unpaired) electrons. The topological polar surface area (TPSA) is 58.4 Å². The number of halogens is 1. The number of para-hydroxylation sites is 1. The standard InChI is InChI=1S/C22H23FN4O2S/c1-14-18-20(24-17-8-4-5-9-27(17)21(18)28)30-19(14)22(29)26-12-10-25(11-13-26)16-7-3-2-6-15(16)23/h2-3,6-7H,4-5,8-13H2,1H3. The van der Waals surface area contributed by atoms with Gasteiger partial charge in [-0.05, 0) is 37.5 Å². The van der Waals surface area contributed by atoms with Crippen molar-refractivity contribution in [3.63, 3.8) is 0 Å². The van der Waals surface area contributed by atoms with Gasteiger partial charge in [0.05, 0.1) is 16.0 Å². The van der Waals surface area contributed by atoms with Crippen LogP contribution in [0.25, 0.3) is 10.2 Å². The maximum Gasteiger partial charge on any atom is 0.264 e. The van der Waals surface area contributed by atoms with Crippen LogP contribution in [0.2, 0.25) is 0 Å². The highest BCUT2D eigenvalue weighted by Crippen LogP contribution is 2.30. The highest BCUT2D eigenvalue weighted by molar-refractivity contribution is 7.20. The Morgan fingerprint density at radius 3 is 2.63 bits per heavy atom. The quantitative estimate of drug-likeness (QED) is 0.632. The number of hydrogen-bond donors (Lipinski definition) is 0. The molecule has 0 aliphatic carbocycles. The molecule has 1 aromatic carbocycles. The third kappa shape index (κ3) is 3.10. The lowest BCUT2D eigenvalue weighted by Gasteiger charge is -2.36. The first kappa shape index (κ1) is 19.2. The van der Waals surface area contributed by atoms with Crippen LogP contribution in [-0.4, -0.2) is 46.5 Å². The van der Waals surface area contributed by atoms with E-state index < -0.39 is 0 Å². The molecule has 1 saturated heterocycles. The first-order valence-corrected chi connectivity index (χ1v) is 11.2. The van der Waals surface area contributed by atoms with Gasteiger partial charge in [-0.2, -0.15) is 0 Å². The molecule has 3 aromatic rings. The van der Waals surface area contributed by atoms with Crippen LogP contribution in [0.5, 0.6) is 0 Å². The van der Waals surface area contributed by atoms with Crippen molar-refractivity contribution in [3.8, 4) is 0 Å². The molecule has 2 aromatic heterocycles. The van der Waals surface area contributed by atoms with Gasteiger partial charge in [0, 0.05) is 39.1 Å². The predicted molar refractivity (Wildman–Crippen MR) is 116 cm³/mol. The molecule has 8 heteroatoms. The van der Waals surface area contributed by atoms with Gasteiger partial charge in [0.25, 0.3) is 11.5 Å². The fourth-order valence-corrected chi connectivity index (χ4v) is 5.60. The van der Waals surface area contributed by atoms with Crippen molar-refractivity contribution >= 4 is 33.1 Å². The van der Waals surface area contributed by atoms with E-state index in [9.17, 15) is 14.0 Å². The molecule has 4 heterocycles. The number of fused-ring (bicyclic) bond motifs is 2. The van der Waals surface area contributed by atoms with Crippen LogP contribution >= 0.6 is 11.3 Å². The molecule has 2 aliphatic heterocycles. The first-order chi connectivity index (χ1) is 14.5. The maximum absolute atomic E-state index is 14.1. The molecule has 2 aliphatic rings. The average molecular weight is 427 g/mol. The minimum Gasteiger partial charge on any atom is -0.366 e. The molecular weight excluding hydrogens is 403 g/mol. The number of thiophene rings is 1. The van der Waals surface area contributed by atoms with Gasteiger partial charge in [-0.3, -0.25) is 14.2 Å². The van der Waals surface area contributed by atoms with E-state index in [1.54, 1.807) is 21.6 Å². The van der Waals surface area contributed by atoms with Crippen molar-refractivity contribution < 1.29 is 9.18 Å². The van der Waals surface area contributed by atoms with Crippen molar-refractivity contribution in [2.75, 3.05) is 31.1 Å². The third-order valence-corrected chi connectivity index (χ3v) is 7.29. The van der Waals surface area contributed by atoms with Crippen LogP contribution in [0.3, 0.4) is 0 Å². The Morgan fingerprint density at radius 1 is 1.10 bits per heavy atom. The number of hydrogen-bond acceptors (Lipinski definition) is 5. The average Bonchev–Trinajstić information content (AvgIpc) is 3.10. The molecule has 1 amide bonds. The normalized spacial score (nSPS) is 16.7. The van der Waals surface area contributed by atoms with Gasteiger partial charge in [0.1, 0.15) is 16.5 Å². The van der Waals surface area contributed by atoms with E-state index >= 15 is 0 Å². The van der Waals surface area contributed by atoms with Crippen LogP contribution < -0.4 is 10.5 Å². The minimum absolute atomic E-state index is 0.0214. The molecule has 0 unspecified atom stereocenters. The zero-order valence-electron chi connectivity index (χ0n) is 16.9. The van der Waals surface area contributed by atoms with Crippen molar-refractivity contribution in [2.45, 2.75) is 32.7 Å². The Hall–Kier alpha value is -2.74. The van der Waals surface area contributed by atoms with E-state index in [0.717, 1.165) is 30.7 Å².